The zero-order valence-electron chi connectivity index (χ0n) is 19.1. The largest absolute Gasteiger partial charge is 0.349 e. The first-order valence-corrected chi connectivity index (χ1v) is 11.9. The SMILES string of the molecule is CN1C(=O)CC[C@@]2(C)C1=CC[C@@H]1[C@H]2CC[C@]2(C)C(NC(=O)c3c(F)cccc3F)CC[C@@H]12. The molecule has 1 aromatic rings. The lowest BCUT2D eigenvalue weighted by molar-refractivity contribution is -0.135. The molecule has 1 unspecified atom stereocenters. The number of rotatable bonds is 2. The molecular formula is C26H32F2N2O2. The molecule has 3 fully saturated rings. The molecule has 1 aliphatic heterocycles. The van der Waals surface area contributed by atoms with E-state index in [1.165, 1.54) is 11.8 Å². The molecule has 2 saturated carbocycles. The molecule has 3 aliphatic carbocycles. The monoisotopic (exact) mass is 442 g/mol. The highest BCUT2D eigenvalue weighted by molar-refractivity contribution is 5.95. The fourth-order valence-electron chi connectivity index (χ4n) is 7.76. The number of nitrogens with one attached hydrogen (secondary N) is 1. The summed E-state index contributed by atoms with van der Waals surface area (Å²) < 4.78 is 28.3. The minimum absolute atomic E-state index is 0.0184. The fraction of sp³-hybridized carbons (Fsp3) is 0.615. The standard InChI is InChI=1S/C26H32F2N2O2/c1-25-13-11-17-15(7-10-21-26(17,2)14-12-22(31)30(21)3)16(25)8-9-20(25)29-24(32)23-18(27)5-4-6-19(23)28/h4-6,10,15-17,20H,7-9,11-14H2,1-3H3,(H,29,32)/t15-,16-,17+,20?,25-,26+/m0/s1. The molecule has 1 aromatic carbocycles. The summed E-state index contributed by atoms with van der Waals surface area (Å²) in [5, 5.41) is 3.00. The molecule has 2 amide bonds. The van der Waals surface area contributed by atoms with E-state index in [1.54, 1.807) is 0 Å². The van der Waals surface area contributed by atoms with Crippen LogP contribution < -0.4 is 5.32 Å². The van der Waals surface area contributed by atoms with E-state index in [-0.39, 0.29) is 22.8 Å². The molecule has 6 heteroatoms. The zero-order valence-corrected chi connectivity index (χ0v) is 19.1. The van der Waals surface area contributed by atoms with Crippen molar-refractivity contribution in [1.82, 2.24) is 10.2 Å². The summed E-state index contributed by atoms with van der Waals surface area (Å²) in [5.74, 6) is -0.600. The van der Waals surface area contributed by atoms with Crippen LogP contribution in [0, 0.1) is 40.2 Å². The van der Waals surface area contributed by atoms with Crippen LogP contribution in [0.1, 0.15) is 69.2 Å². The normalized spacial score (nSPS) is 38.5. The number of carbonyl (C=O) groups is 2. The first kappa shape index (κ1) is 21.6. The van der Waals surface area contributed by atoms with Gasteiger partial charge in [-0.2, -0.15) is 0 Å². The molecule has 0 bridgehead atoms. The predicted molar refractivity (Wildman–Crippen MR) is 117 cm³/mol. The van der Waals surface area contributed by atoms with Gasteiger partial charge in [0.2, 0.25) is 5.91 Å². The third-order valence-corrected chi connectivity index (χ3v) is 9.51. The van der Waals surface area contributed by atoms with Crippen LogP contribution in [0.2, 0.25) is 0 Å². The number of benzene rings is 1. The molecule has 0 radical (unpaired) electrons. The van der Waals surface area contributed by atoms with Crippen molar-refractivity contribution >= 4 is 11.8 Å². The molecule has 5 rings (SSSR count). The summed E-state index contributed by atoms with van der Waals surface area (Å²) in [4.78, 5) is 27.0. The van der Waals surface area contributed by atoms with Crippen LogP contribution in [-0.4, -0.2) is 29.8 Å². The average Bonchev–Trinajstić information content (AvgIpc) is 3.07. The third-order valence-electron chi connectivity index (χ3n) is 9.51. The van der Waals surface area contributed by atoms with Crippen LogP contribution in [0.15, 0.2) is 30.0 Å². The van der Waals surface area contributed by atoms with E-state index < -0.39 is 23.1 Å². The minimum atomic E-state index is -0.820. The van der Waals surface area contributed by atoms with Crippen LogP contribution >= 0.6 is 0 Å². The van der Waals surface area contributed by atoms with E-state index in [2.05, 4.69) is 25.2 Å². The Balaban J connectivity index is 1.39. The van der Waals surface area contributed by atoms with Gasteiger partial charge in [0.25, 0.3) is 5.91 Å². The third kappa shape index (κ3) is 2.97. The van der Waals surface area contributed by atoms with Gasteiger partial charge in [-0.25, -0.2) is 8.78 Å². The van der Waals surface area contributed by atoms with Crippen molar-refractivity contribution in [1.29, 1.82) is 0 Å². The van der Waals surface area contributed by atoms with Crippen LogP contribution in [-0.2, 0) is 4.79 Å². The Hall–Kier alpha value is -2.24. The molecule has 6 atom stereocenters. The van der Waals surface area contributed by atoms with Crippen molar-refractivity contribution in [3.63, 3.8) is 0 Å². The van der Waals surface area contributed by atoms with Crippen molar-refractivity contribution in [2.75, 3.05) is 7.05 Å². The summed E-state index contributed by atoms with van der Waals surface area (Å²) in [5.41, 5.74) is 0.638. The van der Waals surface area contributed by atoms with Crippen LogP contribution in [0.25, 0.3) is 0 Å². The zero-order chi connectivity index (χ0) is 22.8. The first-order valence-electron chi connectivity index (χ1n) is 11.9. The summed E-state index contributed by atoms with van der Waals surface area (Å²) in [6.45, 7) is 4.58. The maximum atomic E-state index is 14.1. The van der Waals surface area contributed by atoms with Crippen molar-refractivity contribution in [3.05, 3.63) is 47.2 Å². The lowest BCUT2D eigenvalue weighted by atomic mass is 9.49. The van der Waals surface area contributed by atoms with Gasteiger partial charge in [0.15, 0.2) is 0 Å². The van der Waals surface area contributed by atoms with Crippen molar-refractivity contribution in [3.8, 4) is 0 Å². The van der Waals surface area contributed by atoms with Crippen molar-refractivity contribution in [2.24, 2.45) is 28.6 Å². The van der Waals surface area contributed by atoms with Gasteiger partial charge in [-0.1, -0.05) is 26.0 Å². The topological polar surface area (TPSA) is 49.4 Å². The highest BCUT2D eigenvalue weighted by Crippen LogP contribution is 2.64. The van der Waals surface area contributed by atoms with Crippen LogP contribution in [0.3, 0.4) is 0 Å². The Morgan fingerprint density at radius 3 is 2.53 bits per heavy atom. The van der Waals surface area contributed by atoms with Gasteiger partial charge >= 0.3 is 0 Å². The summed E-state index contributed by atoms with van der Waals surface area (Å²) in [6.07, 6.45) is 8.61. The van der Waals surface area contributed by atoms with E-state index in [9.17, 15) is 18.4 Å². The second-order valence-electron chi connectivity index (χ2n) is 10.8. The molecule has 32 heavy (non-hydrogen) atoms. The smallest absolute Gasteiger partial charge is 0.257 e. The molecule has 4 aliphatic rings. The van der Waals surface area contributed by atoms with Gasteiger partial charge in [0.1, 0.15) is 17.2 Å². The Morgan fingerprint density at radius 2 is 1.81 bits per heavy atom. The molecular weight excluding hydrogens is 410 g/mol. The van der Waals surface area contributed by atoms with E-state index in [0.717, 1.165) is 50.7 Å². The average molecular weight is 443 g/mol. The number of amides is 2. The molecule has 1 heterocycles. The number of allylic oxidation sites excluding steroid dienone is 2. The molecule has 4 nitrogen and oxygen atoms in total. The maximum Gasteiger partial charge on any atom is 0.257 e. The molecule has 172 valence electrons. The van der Waals surface area contributed by atoms with Gasteiger partial charge in [0, 0.05) is 30.6 Å². The molecule has 0 aromatic heterocycles. The van der Waals surface area contributed by atoms with Gasteiger partial charge < -0.3 is 10.2 Å². The molecule has 1 N–H and O–H groups in total. The Bertz CT molecular complexity index is 987. The van der Waals surface area contributed by atoms with Crippen molar-refractivity contribution in [2.45, 2.75) is 64.8 Å². The van der Waals surface area contributed by atoms with Crippen molar-refractivity contribution < 1.29 is 18.4 Å². The lowest BCUT2D eigenvalue weighted by Crippen LogP contribution is -2.55. The number of halogens is 2. The van der Waals surface area contributed by atoms with Gasteiger partial charge in [-0.3, -0.25) is 9.59 Å². The molecule has 1 saturated heterocycles. The van der Waals surface area contributed by atoms with E-state index >= 15 is 0 Å². The fourth-order valence-corrected chi connectivity index (χ4v) is 7.76. The second kappa shape index (κ2) is 7.39. The van der Waals surface area contributed by atoms with Gasteiger partial charge in [-0.05, 0) is 73.8 Å². The number of fused-ring (bicyclic) bond motifs is 5. The maximum absolute atomic E-state index is 14.1. The number of hydrogen-bond acceptors (Lipinski definition) is 2. The Labute approximate surface area is 188 Å². The second-order valence-corrected chi connectivity index (χ2v) is 10.8. The number of nitrogens with zero attached hydrogens (tertiary/aromatic N) is 1. The predicted octanol–water partition coefficient (Wildman–Crippen LogP) is 5.05. The Kier molecular flexibility index (Phi) is 4.99. The highest BCUT2D eigenvalue weighted by atomic mass is 19.1. The quantitative estimate of drug-likeness (QED) is 0.697. The van der Waals surface area contributed by atoms with Gasteiger partial charge in [-0.15, -0.1) is 0 Å². The van der Waals surface area contributed by atoms with E-state index in [1.807, 2.05) is 11.9 Å². The summed E-state index contributed by atoms with van der Waals surface area (Å²) in [7, 11) is 1.90. The summed E-state index contributed by atoms with van der Waals surface area (Å²) in [6, 6.07) is 3.44. The first-order chi connectivity index (χ1) is 15.2. The highest BCUT2D eigenvalue weighted by Gasteiger charge is 2.59. The number of carbonyl (C=O) groups excluding carboxylic acids is 2. The van der Waals surface area contributed by atoms with E-state index in [4.69, 9.17) is 0 Å². The number of piperidine rings is 1. The van der Waals surface area contributed by atoms with Crippen LogP contribution in [0.5, 0.6) is 0 Å². The minimum Gasteiger partial charge on any atom is -0.349 e. The summed E-state index contributed by atoms with van der Waals surface area (Å²) >= 11 is 0. The van der Waals surface area contributed by atoms with Crippen LogP contribution in [0.4, 0.5) is 8.78 Å². The molecule has 0 spiro atoms. The Morgan fingerprint density at radius 1 is 1.09 bits per heavy atom. The lowest BCUT2D eigenvalue weighted by Gasteiger charge is -2.58. The van der Waals surface area contributed by atoms with E-state index in [0.29, 0.717) is 24.2 Å². The number of likely N-dealkylation sites (tertiary alicyclic amines) is 1. The number of hydrogen-bond donors (Lipinski definition) is 1. The van der Waals surface area contributed by atoms with Gasteiger partial charge in [0.05, 0.1) is 0 Å².